The maximum Gasteiger partial charge on any atom is 0.254 e. The molecule has 0 aliphatic heterocycles. The summed E-state index contributed by atoms with van der Waals surface area (Å²) < 4.78 is 14.0. The van der Waals surface area contributed by atoms with Crippen molar-refractivity contribution in [2.45, 2.75) is 17.3 Å². The number of nitrogens with zero attached hydrogens (tertiary/aromatic N) is 1. The van der Waals surface area contributed by atoms with Crippen LogP contribution in [-0.2, 0) is 12.3 Å². The van der Waals surface area contributed by atoms with Crippen LogP contribution in [0.15, 0.2) is 76.4 Å². The van der Waals surface area contributed by atoms with Gasteiger partial charge in [-0.1, -0.05) is 40.2 Å². The predicted octanol–water partition coefficient (Wildman–Crippen LogP) is 5.21. The molecule has 0 aliphatic rings. The number of halogens is 2. The van der Waals surface area contributed by atoms with Crippen LogP contribution in [0.3, 0.4) is 0 Å². The molecular formula is C20H16BrFN2OS. The minimum Gasteiger partial charge on any atom is -0.348 e. The molecule has 1 heterocycles. The van der Waals surface area contributed by atoms with Crippen LogP contribution in [0.1, 0.15) is 21.5 Å². The number of pyridine rings is 1. The van der Waals surface area contributed by atoms with Gasteiger partial charge in [0.2, 0.25) is 0 Å². The molecule has 2 aromatic carbocycles. The Labute approximate surface area is 164 Å². The van der Waals surface area contributed by atoms with E-state index in [1.807, 2.05) is 24.3 Å². The average molecular weight is 431 g/mol. The lowest BCUT2D eigenvalue weighted by Gasteiger charge is -2.09. The van der Waals surface area contributed by atoms with Gasteiger partial charge >= 0.3 is 0 Å². The van der Waals surface area contributed by atoms with Crippen LogP contribution in [-0.4, -0.2) is 10.9 Å². The Morgan fingerprint density at radius 1 is 1.08 bits per heavy atom. The first-order valence-electron chi connectivity index (χ1n) is 7.97. The van der Waals surface area contributed by atoms with Crippen molar-refractivity contribution in [1.82, 2.24) is 10.3 Å². The summed E-state index contributed by atoms with van der Waals surface area (Å²) in [5.74, 6) is 0.229. The molecular weight excluding hydrogens is 415 g/mol. The van der Waals surface area contributed by atoms with E-state index in [4.69, 9.17) is 0 Å². The minimum atomic E-state index is -0.293. The summed E-state index contributed by atoms with van der Waals surface area (Å²) in [6.07, 6.45) is 1.68. The van der Waals surface area contributed by atoms with Crippen LogP contribution in [0, 0.1) is 5.82 Å². The number of amides is 1. The molecule has 0 unspecified atom stereocenters. The van der Waals surface area contributed by atoms with Crippen molar-refractivity contribution in [3.63, 3.8) is 0 Å². The number of benzene rings is 2. The molecule has 1 N–H and O–H groups in total. The summed E-state index contributed by atoms with van der Waals surface area (Å²) >= 11 is 4.98. The van der Waals surface area contributed by atoms with Crippen LogP contribution >= 0.6 is 27.7 Å². The summed E-state index contributed by atoms with van der Waals surface area (Å²) in [6, 6.07) is 17.6. The Hall–Kier alpha value is -2.18. The van der Waals surface area contributed by atoms with E-state index in [2.05, 4.69) is 26.2 Å². The van der Waals surface area contributed by atoms with Crippen molar-refractivity contribution >= 4 is 33.6 Å². The second-order valence-corrected chi connectivity index (χ2v) is 7.46. The lowest BCUT2D eigenvalue weighted by molar-refractivity contribution is 0.0947. The smallest absolute Gasteiger partial charge is 0.254 e. The molecule has 0 saturated heterocycles. The van der Waals surface area contributed by atoms with Gasteiger partial charge < -0.3 is 5.32 Å². The molecule has 3 nitrogen and oxygen atoms in total. The molecule has 3 aromatic rings. The van der Waals surface area contributed by atoms with Gasteiger partial charge in [-0.25, -0.2) is 9.37 Å². The van der Waals surface area contributed by atoms with E-state index < -0.39 is 0 Å². The summed E-state index contributed by atoms with van der Waals surface area (Å²) in [5, 5.41) is 3.54. The molecule has 0 spiro atoms. The minimum absolute atomic E-state index is 0.195. The number of hydrogen-bond donors (Lipinski definition) is 1. The van der Waals surface area contributed by atoms with E-state index in [0.29, 0.717) is 22.9 Å². The number of hydrogen-bond acceptors (Lipinski definition) is 3. The Morgan fingerprint density at radius 2 is 1.88 bits per heavy atom. The molecule has 0 atom stereocenters. The van der Waals surface area contributed by atoms with Crippen molar-refractivity contribution in [1.29, 1.82) is 0 Å². The van der Waals surface area contributed by atoms with Gasteiger partial charge in [0.25, 0.3) is 5.91 Å². The summed E-state index contributed by atoms with van der Waals surface area (Å²) in [6.45, 7) is 0.337. The average Bonchev–Trinajstić information content (AvgIpc) is 2.66. The zero-order valence-corrected chi connectivity index (χ0v) is 16.2. The molecule has 0 aliphatic carbocycles. The number of aromatic nitrogens is 1. The standard InChI is InChI=1S/C20H16BrFN2OS/c21-16-4-1-3-15(11-16)13-26-20-18(5-2-10-23-20)19(25)24-12-14-6-8-17(22)9-7-14/h1-11H,12-13H2,(H,24,25). The van der Waals surface area contributed by atoms with Crippen molar-refractivity contribution in [3.05, 3.63) is 93.8 Å². The van der Waals surface area contributed by atoms with Gasteiger partial charge in [0.15, 0.2) is 0 Å². The van der Waals surface area contributed by atoms with Gasteiger partial charge in [-0.2, -0.15) is 0 Å². The van der Waals surface area contributed by atoms with Gasteiger partial charge in [0.05, 0.1) is 5.56 Å². The largest absolute Gasteiger partial charge is 0.348 e. The lowest BCUT2D eigenvalue weighted by atomic mass is 10.2. The van der Waals surface area contributed by atoms with Gasteiger partial charge in [-0.05, 0) is 47.5 Å². The maximum atomic E-state index is 13.0. The number of rotatable bonds is 6. The van der Waals surface area contributed by atoms with Crippen LogP contribution in [0.5, 0.6) is 0 Å². The molecule has 1 amide bonds. The Morgan fingerprint density at radius 3 is 2.65 bits per heavy atom. The molecule has 26 heavy (non-hydrogen) atoms. The van der Waals surface area contributed by atoms with Crippen molar-refractivity contribution in [3.8, 4) is 0 Å². The highest BCUT2D eigenvalue weighted by atomic mass is 79.9. The third kappa shape index (κ3) is 5.16. The molecule has 6 heteroatoms. The van der Waals surface area contributed by atoms with Gasteiger partial charge in [0.1, 0.15) is 10.8 Å². The first kappa shape index (κ1) is 18.6. The molecule has 0 radical (unpaired) electrons. The van der Waals surface area contributed by atoms with Gasteiger partial charge in [0, 0.05) is 23.0 Å². The number of thioether (sulfide) groups is 1. The maximum absolute atomic E-state index is 13.0. The first-order valence-corrected chi connectivity index (χ1v) is 9.74. The highest BCUT2D eigenvalue weighted by Crippen LogP contribution is 2.25. The molecule has 0 fully saturated rings. The molecule has 0 saturated carbocycles. The van der Waals surface area contributed by atoms with Crippen molar-refractivity contribution in [2.75, 3.05) is 0 Å². The fourth-order valence-corrected chi connectivity index (χ4v) is 3.72. The van der Waals surface area contributed by atoms with Crippen molar-refractivity contribution < 1.29 is 9.18 Å². The van der Waals surface area contributed by atoms with E-state index in [-0.39, 0.29) is 11.7 Å². The topological polar surface area (TPSA) is 42.0 Å². The highest BCUT2D eigenvalue weighted by Gasteiger charge is 2.12. The van der Waals surface area contributed by atoms with E-state index in [1.54, 1.807) is 30.5 Å². The fourth-order valence-electron chi connectivity index (χ4n) is 2.34. The number of nitrogens with one attached hydrogen (secondary N) is 1. The summed E-state index contributed by atoms with van der Waals surface area (Å²) in [5.41, 5.74) is 2.52. The van der Waals surface area contributed by atoms with E-state index in [9.17, 15) is 9.18 Å². The van der Waals surface area contributed by atoms with Crippen LogP contribution in [0.25, 0.3) is 0 Å². The quantitative estimate of drug-likeness (QED) is 0.546. The summed E-state index contributed by atoms with van der Waals surface area (Å²) in [4.78, 5) is 16.9. The zero-order valence-electron chi connectivity index (χ0n) is 13.8. The summed E-state index contributed by atoms with van der Waals surface area (Å²) in [7, 11) is 0. The monoisotopic (exact) mass is 430 g/mol. The zero-order chi connectivity index (χ0) is 18.4. The normalized spacial score (nSPS) is 10.5. The predicted molar refractivity (Wildman–Crippen MR) is 106 cm³/mol. The van der Waals surface area contributed by atoms with Gasteiger partial charge in [-0.15, -0.1) is 11.8 Å². The van der Waals surface area contributed by atoms with Crippen LogP contribution < -0.4 is 5.32 Å². The Kier molecular flexibility index (Phi) is 6.41. The van der Waals surface area contributed by atoms with E-state index >= 15 is 0 Å². The van der Waals surface area contributed by atoms with Crippen molar-refractivity contribution in [2.24, 2.45) is 0 Å². The lowest BCUT2D eigenvalue weighted by Crippen LogP contribution is -2.23. The fraction of sp³-hybridized carbons (Fsp3) is 0.100. The molecule has 132 valence electrons. The highest BCUT2D eigenvalue weighted by molar-refractivity contribution is 9.10. The molecule has 3 rings (SSSR count). The third-order valence-corrected chi connectivity index (χ3v) is 5.22. The third-order valence-electron chi connectivity index (χ3n) is 3.65. The van der Waals surface area contributed by atoms with E-state index in [0.717, 1.165) is 15.6 Å². The molecule has 1 aromatic heterocycles. The van der Waals surface area contributed by atoms with Crippen LogP contribution in [0.2, 0.25) is 0 Å². The molecule has 0 bridgehead atoms. The second-order valence-electron chi connectivity index (χ2n) is 5.58. The SMILES string of the molecule is O=C(NCc1ccc(F)cc1)c1cccnc1SCc1cccc(Br)c1. The Balaban J connectivity index is 1.65. The van der Waals surface area contributed by atoms with Gasteiger partial charge in [-0.3, -0.25) is 4.79 Å². The Bertz CT molecular complexity index is 902. The first-order chi connectivity index (χ1) is 12.6. The number of carbonyl (C=O) groups excluding carboxylic acids is 1. The van der Waals surface area contributed by atoms with Crippen LogP contribution in [0.4, 0.5) is 4.39 Å². The second kappa shape index (κ2) is 8.96. The number of carbonyl (C=O) groups is 1. The van der Waals surface area contributed by atoms with E-state index in [1.165, 1.54) is 23.9 Å².